The van der Waals surface area contributed by atoms with Gasteiger partial charge in [0.25, 0.3) is 5.91 Å². The van der Waals surface area contributed by atoms with Crippen molar-refractivity contribution in [1.29, 1.82) is 0 Å². The minimum absolute atomic E-state index is 0.0432. The largest absolute Gasteiger partial charge is 0.435 e. The Morgan fingerprint density at radius 3 is 2.76 bits per heavy atom. The number of rotatable bonds is 4. The van der Waals surface area contributed by atoms with Crippen LogP contribution in [0.15, 0.2) is 48.5 Å². The maximum atomic E-state index is 12.2. The second-order valence-electron chi connectivity index (χ2n) is 4.56. The Labute approximate surface area is 119 Å². The molecule has 1 unspecified atom stereocenters. The number of amides is 1. The summed E-state index contributed by atoms with van der Waals surface area (Å²) in [5, 5.41) is 5.79. The van der Waals surface area contributed by atoms with Gasteiger partial charge in [-0.15, -0.1) is 0 Å². The fourth-order valence-electron chi connectivity index (χ4n) is 2.28. The molecule has 1 heterocycles. The highest BCUT2D eigenvalue weighted by atomic mass is 19.3. The first-order valence-corrected chi connectivity index (χ1v) is 6.35. The molecule has 0 bridgehead atoms. The number of ether oxygens (including phenoxy) is 1. The summed E-state index contributed by atoms with van der Waals surface area (Å²) in [6.45, 7) is -2.88. The van der Waals surface area contributed by atoms with Crippen molar-refractivity contribution in [3.05, 3.63) is 54.1 Å². The van der Waals surface area contributed by atoms with Crippen molar-refractivity contribution in [3.8, 4) is 5.75 Å². The Morgan fingerprint density at radius 2 is 1.95 bits per heavy atom. The lowest BCUT2D eigenvalue weighted by Gasteiger charge is -2.14. The van der Waals surface area contributed by atoms with Crippen LogP contribution in [0.3, 0.4) is 0 Å². The third-order valence-corrected chi connectivity index (χ3v) is 3.16. The lowest BCUT2D eigenvalue weighted by atomic mass is 10.1. The molecule has 0 aliphatic carbocycles. The summed E-state index contributed by atoms with van der Waals surface area (Å²) in [5.74, 6) is -0.141. The van der Waals surface area contributed by atoms with Crippen LogP contribution in [-0.4, -0.2) is 12.5 Å². The number of benzene rings is 2. The van der Waals surface area contributed by atoms with Crippen LogP contribution >= 0.6 is 0 Å². The normalized spacial score (nSPS) is 16.5. The van der Waals surface area contributed by atoms with Gasteiger partial charge in [-0.3, -0.25) is 4.79 Å². The van der Waals surface area contributed by atoms with Gasteiger partial charge in [-0.25, -0.2) is 0 Å². The summed E-state index contributed by atoms with van der Waals surface area (Å²) in [6, 6.07) is 12.9. The molecule has 21 heavy (non-hydrogen) atoms. The third kappa shape index (κ3) is 2.79. The van der Waals surface area contributed by atoms with Gasteiger partial charge in [-0.05, 0) is 18.2 Å². The minimum Gasteiger partial charge on any atom is -0.435 e. The van der Waals surface area contributed by atoms with Crippen LogP contribution in [0.2, 0.25) is 0 Å². The maximum absolute atomic E-state index is 12.2. The molecule has 108 valence electrons. The van der Waals surface area contributed by atoms with Gasteiger partial charge >= 0.3 is 6.61 Å². The molecule has 0 aromatic heterocycles. The number of hydrogen-bond acceptors (Lipinski definition) is 3. The minimum atomic E-state index is -2.88. The lowest BCUT2D eigenvalue weighted by molar-refractivity contribution is -0.116. The van der Waals surface area contributed by atoms with E-state index in [1.54, 1.807) is 12.1 Å². The zero-order valence-corrected chi connectivity index (χ0v) is 10.8. The topological polar surface area (TPSA) is 50.4 Å². The Kier molecular flexibility index (Phi) is 3.43. The number of carbonyl (C=O) groups excluding carboxylic acids is 1. The predicted octanol–water partition coefficient (Wildman–Crippen LogP) is 3.39. The van der Waals surface area contributed by atoms with Crippen molar-refractivity contribution < 1.29 is 18.3 Å². The van der Waals surface area contributed by atoms with Crippen LogP contribution in [0.5, 0.6) is 5.75 Å². The van der Waals surface area contributed by atoms with E-state index < -0.39 is 12.7 Å². The highest BCUT2D eigenvalue weighted by Crippen LogP contribution is 2.33. The number of halogens is 2. The first-order valence-electron chi connectivity index (χ1n) is 6.35. The van der Waals surface area contributed by atoms with Crippen LogP contribution in [0.25, 0.3) is 0 Å². The smallest absolute Gasteiger partial charge is 0.387 e. The molecule has 1 amide bonds. The van der Waals surface area contributed by atoms with E-state index in [-0.39, 0.29) is 11.7 Å². The first-order chi connectivity index (χ1) is 10.1. The SMILES string of the molecule is O=C1Nc2ccccc2C1Nc1cccc(OC(F)F)c1. The molecular weight excluding hydrogens is 278 g/mol. The van der Waals surface area contributed by atoms with Crippen molar-refractivity contribution in [1.82, 2.24) is 0 Å². The summed E-state index contributed by atoms with van der Waals surface area (Å²) in [4.78, 5) is 12.0. The van der Waals surface area contributed by atoms with Gasteiger partial charge in [0.05, 0.1) is 0 Å². The van der Waals surface area contributed by atoms with Crippen molar-refractivity contribution in [2.45, 2.75) is 12.7 Å². The number of para-hydroxylation sites is 1. The molecule has 1 aliphatic rings. The molecule has 4 nitrogen and oxygen atoms in total. The predicted molar refractivity (Wildman–Crippen MR) is 74.5 cm³/mol. The molecule has 3 rings (SSSR count). The zero-order chi connectivity index (χ0) is 14.8. The van der Waals surface area contributed by atoms with E-state index in [0.717, 1.165) is 11.3 Å². The summed E-state index contributed by atoms with van der Waals surface area (Å²) in [6.07, 6.45) is 0. The van der Waals surface area contributed by atoms with Crippen molar-refractivity contribution in [2.75, 3.05) is 10.6 Å². The van der Waals surface area contributed by atoms with E-state index >= 15 is 0 Å². The molecule has 0 fully saturated rings. The number of alkyl halides is 2. The number of fused-ring (bicyclic) bond motifs is 1. The second-order valence-corrected chi connectivity index (χ2v) is 4.56. The second kappa shape index (κ2) is 5.40. The molecule has 6 heteroatoms. The lowest BCUT2D eigenvalue weighted by Crippen LogP contribution is -2.19. The van der Waals surface area contributed by atoms with Gasteiger partial charge in [0.15, 0.2) is 0 Å². The Hall–Kier alpha value is -2.63. The van der Waals surface area contributed by atoms with Gasteiger partial charge in [0.2, 0.25) is 0 Å². The van der Waals surface area contributed by atoms with Gasteiger partial charge in [-0.2, -0.15) is 8.78 Å². The summed E-state index contributed by atoms with van der Waals surface area (Å²) < 4.78 is 28.8. The van der Waals surface area contributed by atoms with Crippen molar-refractivity contribution >= 4 is 17.3 Å². The van der Waals surface area contributed by atoms with E-state index in [4.69, 9.17) is 0 Å². The molecule has 0 radical (unpaired) electrons. The fourth-order valence-corrected chi connectivity index (χ4v) is 2.28. The van der Waals surface area contributed by atoms with Crippen LogP contribution in [-0.2, 0) is 4.79 Å². The highest BCUT2D eigenvalue weighted by molar-refractivity contribution is 6.04. The van der Waals surface area contributed by atoms with Gasteiger partial charge in [0.1, 0.15) is 11.8 Å². The molecule has 0 saturated heterocycles. The number of anilines is 2. The van der Waals surface area contributed by atoms with Gasteiger partial charge < -0.3 is 15.4 Å². The van der Waals surface area contributed by atoms with Gasteiger partial charge in [-0.1, -0.05) is 24.3 Å². The number of carbonyl (C=O) groups is 1. The van der Waals surface area contributed by atoms with E-state index in [2.05, 4.69) is 15.4 Å². The molecule has 1 aliphatic heterocycles. The third-order valence-electron chi connectivity index (χ3n) is 3.16. The Morgan fingerprint density at radius 1 is 1.14 bits per heavy atom. The van der Waals surface area contributed by atoms with Crippen LogP contribution in [0.1, 0.15) is 11.6 Å². The molecule has 2 aromatic carbocycles. The van der Waals surface area contributed by atoms with Crippen LogP contribution in [0, 0.1) is 0 Å². The number of nitrogens with one attached hydrogen (secondary N) is 2. The Bertz CT molecular complexity index is 676. The zero-order valence-electron chi connectivity index (χ0n) is 10.8. The maximum Gasteiger partial charge on any atom is 0.387 e. The van der Waals surface area contributed by atoms with E-state index in [0.29, 0.717) is 5.69 Å². The molecule has 2 N–H and O–H groups in total. The van der Waals surface area contributed by atoms with Crippen LogP contribution in [0.4, 0.5) is 20.2 Å². The molecular formula is C15H12F2N2O2. The van der Waals surface area contributed by atoms with Gasteiger partial charge in [0, 0.05) is 23.0 Å². The number of hydrogen-bond donors (Lipinski definition) is 2. The molecule has 0 saturated carbocycles. The quantitative estimate of drug-likeness (QED) is 0.907. The van der Waals surface area contributed by atoms with Crippen LogP contribution < -0.4 is 15.4 Å². The summed E-state index contributed by atoms with van der Waals surface area (Å²) in [7, 11) is 0. The van der Waals surface area contributed by atoms with Crippen molar-refractivity contribution in [3.63, 3.8) is 0 Å². The van der Waals surface area contributed by atoms with E-state index in [9.17, 15) is 13.6 Å². The summed E-state index contributed by atoms with van der Waals surface area (Å²) in [5.41, 5.74) is 2.10. The van der Waals surface area contributed by atoms with E-state index in [1.165, 1.54) is 12.1 Å². The first kappa shape index (κ1) is 13.4. The average molecular weight is 290 g/mol. The highest BCUT2D eigenvalue weighted by Gasteiger charge is 2.29. The molecule has 0 spiro atoms. The average Bonchev–Trinajstić information content (AvgIpc) is 2.75. The summed E-state index contributed by atoms with van der Waals surface area (Å²) >= 11 is 0. The molecule has 1 atom stereocenters. The van der Waals surface area contributed by atoms with E-state index in [1.807, 2.05) is 24.3 Å². The molecule has 2 aromatic rings. The fraction of sp³-hybridized carbons (Fsp3) is 0.133. The Balaban J connectivity index is 1.82. The van der Waals surface area contributed by atoms with Crippen molar-refractivity contribution in [2.24, 2.45) is 0 Å². The monoisotopic (exact) mass is 290 g/mol. The standard InChI is InChI=1S/C15H12F2N2O2/c16-15(17)21-10-5-3-4-9(8-10)18-13-11-6-1-2-7-12(11)19-14(13)20/h1-8,13,15,18H,(H,19,20).